The molecule has 2 aromatic heterocycles. The molecule has 0 spiro atoms. The Kier molecular flexibility index (Phi) is 4.77. The van der Waals surface area contributed by atoms with Gasteiger partial charge in [-0.15, -0.1) is 0 Å². The van der Waals surface area contributed by atoms with Crippen molar-refractivity contribution in [3.63, 3.8) is 0 Å². The second kappa shape index (κ2) is 6.56. The van der Waals surface area contributed by atoms with Crippen molar-refractivity contribution in [2.75, 3.05) is 6.54 Å². The first-order valence-electron chi connectivity index (χ1n) is 7.21. The predicted molar refractivity (Wildman–Crippen MR) is 80.4 cm³/mol. The van der Waals surface area contributed by atoms with Crippen molar-refractivity contribution in [2.24, 2.45) is 13.0 Å². The Labute approximate surface area is 125 Å². The molecule has 0 aromatic carbocycles. The molecule has 2 heterocycles. The van der Waals surface area contributed by atoms with Gasteiger partial charge in [0, 0.05) is 44.3 Å². The Morgan fingerprint density at radius 2 is 2.14 bits per heavy atom. The molecule has 0 saturated heterocycles. The van der Waals surface area contributed by atoms with Crippen LogP contribution in [0.3, 0.4) is 0 Å². The number of nitrogens with zero attached hydrogens (tertiary/aromatic N) is 5. The number of rotatable bonds is 6. The maximum absolute atomic E-state index is 12.7. The summed E-state index contributed by atoms with van der Waals surface area (Å²) in [5.74, 6) is 0.520. The van der Waals surface area contributed by atoms with E-state index in [2.05, 4.69) is 23.9 Å². The Balaban J connectivity index is 2.13. The van der Waals surface area contributed by atoms with Crippen LogP contribution in [0.15, 0.2) is 31.1 Å². The molecule has 2 aromatic rings. The molecule has 0 aliphatic heterocycles. The van der Waals surface area contributed by atoms with E-state index < -0.39 is 0 Å². The van der Waals surface area contributed by atoms with E-state index in [0.717, 1.165) is 12.1 Å². The molecular formula is C15H23N5O. The van der Waals surface area contributed by atoms with Crippen LogP contribution in [0.2, 0.25) is 0 Å². The van der Waals surface area contributed by atoms with Crippen molar-refractivity contribution in [3.8, 4) is 0 Å². The van der Waals surface area contributed by atoms with E-state index in [-0.39, 0.29) is 11.9 Å². The highest BCUT2D eigenvalue weighted by Gasteiger charge is 2.22. The standard InChI is InChI=1S/C15H23N5O/c1-12(2)8-20(10-14-7-17-18(4)9-14)15(21)13(3)19-6-5-16-11-19/h5-7,9,11-13H,8,10H2,1-4H3. The summed E-state index contributed by atoms with van der Waals surface area (Å²) in [6, 6.07) is -0.247. The van der Waals surface area contributed by atoms with Gasteiger partial charge < -0.3 is 9.47 Å². The van der Waals surface area contributed by atoms with Crippen LogP contribution < -0.4 is 0 Å². The van der Waals surface area contributed by atoms with Gasteiger partial charge in [0.1, 0.15) is 6.04 Å². The minimum atomic E-state index is -0.247. The van der Waals surface area contributed by atoms with E-state index in [9.17, 15) is 4.79 Å². The van der Waals surface area contributed by atoms with Crippen molar-refractivity contribution >= 4 is 5.91 Å². The van der Waals surface area contributed by atoms with Gasteiger partial charge in [-0.1, -0.05) is 13.8 Å². The van der Waals surface area contributed by atoms with Gasteiger partial charge in [-0.3, -0.25) is 9.48 Å². The van der Waals surface area contributed by atoms with Crippen LogP contribution >= 0.6 is 0 Å². The maximum Gasteiger partial charge on any atom is 0.245 e. The van der Waals surface area contributed by atoms with Crippen LogP contribution in [-0.4, -0.2) is 36.7 Å². The fraction of sp³-hybridized carbons (Fsp3) is 0.533. The smallest absolute Gasteiger partial charge is 0.245 e. The van der Waals surface area contributed by atoms with E-state index in [1.54, 1.807) is 17.2 Å². The minimum Gasteiger partial charge on any atom is -0.336 e. The van der Waals surface area contributed by atoms with Gasteiger partial charge in [-0.25, -0.2) is 4.98 Å². The molecule has 0 bridgehead atoms. The zero-order chi connectivity index (χ0) is 15.4. The molecule has 0 aliphatic rings. The number of amides is 1. The van der Waals surface area contributed by atoms with E-state index in [1.165, 1.54) is 0 Å². The van der Waals surface area contributed by atoms with Gasteiger partial charge in [0.05, 0.1) is 12.5 Å². The van der Waals surface area contributed by atoms with Crippen LogP contribution in [0, 0.1) is 5.92 Å². The summed E-state index contributed by atoms with van der Waals surface area (Å²) in [5.41, 5.74) is 1.05. The molecule has 114 valence electrons. The summed E-state index contributed by atoms with van der Waals surface area (Å²) in [6.45, 7) is 7.45. The summed E-state index contributed by atoms with van der Waals surface area (Å²) in [6.07, 6.45) is 8.95. The quantitative estimate of drug-likeness (QED) is 0.815. The molecule has 21 heavy (non-hydrogen) atoms. The van der Waals surface area contributed by atoms with Crippen LogP contribution in [-0.2, 0) is 18.4 Å². The molecule has 6 heteroatoms. The van der Waals surface area contributed by atoms with Gasteiger partial charge in [-0.05, 0) is 12.8 Å². The average molecular weight is 289 g/mol. The summed E-state index contributed by atoms with van der Waals surface area (Å²) in [4.78, 5) is 18.6. The summed E-state index contributed by atoms with van der Waals surface area (Å²) >= 11 is 0. The zero-order valence-corrected chi connectivity index (χ0v) is 13.1. The number of carbonyl (C=O) groups is 1. The van der Waals surface area contributed by atoms with E-state index in [0.29, 0.717) is 12.5 Å². The van der Waals surface area contributed by atoms with Crippen molar-refractivity contribution in [2.45, 2.75) is 33.4 Å². The first-order valence-corrected chi connectivity index (χ1v) is 7.21. The topological polar surface area (TPSA) is 56.0 Å². The lowest BCUT2D eigenvalue weighted by atomic mass is 10.1. The molecule has 1 atom stereocenters. The van der Waals surface area contributed by atoms with E-state index >= 15 is 0 Å². The third-order valence-corrected chi connectivity index (χ3v) is 3.36. The Hall–Kier alpha value is -2.11. The normalized spacial score (nSPS) is 12.6. The SMILES string of the molecule is CC(C)CN(Cc1cnn(C)c1)C(=O)C(C)n1ccnc1. The van der Waals surface area contributed by atoms with Crippen LogP contribution in [0.25, 0.3) is 0 Å². The molecule has 6 nitrogen and oxygen atoms in total. The van der Waals surface area contributed by atoms with Crippen LogP contribution in [0.5, 0.6) is 0 Å². The monoisotopic (exact) mass is 289 g/mol. The first-order chi connectivity index (χ1) is 9.97. The molecule has 0 N–H and O–H groups in total. The van der Waals surface area contributed by atoms with E-state index in [1.807, 2.05) is 42.0 Å². The highest BCUT2D eigenvalue weighted by Crippen LogP contribution is 2.14. The Bertz CT molecular complexity index is 573. The van der Waals surface area contributed by atoms with Crippen molar-refractivity contribution < 1.29 is 4.79 Å². The number of aromatic nitrogens is 4. The molecule has 0 saturated carbocycles. The average Bonchev–Trinajstić information content (AvgIpc) is 3.07. The first kappa shape index (κ1) is 15.3. The Morgan fingerprint density at radius 3 is 2.67 bits per heavy atom. The number of hydrogen-bond acceptors (Lipinski definition) is 3. The summed E-state index contributed by atoms with van der Waals surface area (Å²) < 4.78 is 3.59. The van der Waals surface area contributed by atoms with Gasteiger partial charge in [0.25, 0.3) is 0 Å². The lowest BCUT2D eigenvalue weighted by Crippen LogP contribution is -2.37. The number of carbonyl (C=O) groups excluding carboxylic acids is 1. The number of aryl methyl sites for hydroxylation is 1. The second-order valence-corrected chi connectivity index (χ2v) is 5.82. The summed E-state index contributed by atoms with van der Waals surface area (Å²) in [5, 5.41) is 4.17. The highest BCUT2D eigenvalue weighted by molar-refractivity contribution is 5.80. The van der Waals surface area contributed by atoms with Gasteiger partial charge in [0.15, 0.2) is 0 Å². The van der Waals surface area contributed by atoms with Crippen LogP contribution in [0.1, 0.15) is 32.4 Å². The van der Waals surface area contributed by atoms with E-state index in [4.69, 9.17) is 0 Å². The number of imidazole rings is 1. The molecule has 0 fully saturated rings. The van der Waals surface area contributed by atoms with Crippen LogP contribution in [0.4, 0.5) is 0 Å². The maximum atomic E-state index is 12.7. The van der Waals surface area contributed by atoms with Crippen molar-refractivity contribution in [1.82, 2.24) is 24.2 Å². The highest BCUT2D eigenvalue weighted by atomic mass is 16.2. The third-order valence-electron chi connectivity index (χ3n) is 3.36. The molecule has 1 unspecified atom stereocenters. The largest absolute Gasteiger partial charge is 0.336 e. The molecule has 0 radical (unpaired) electrons. The van der Waals surface area contributed by atoms with Gasteiger partial charge >= 0.3 is 0 Å². The molecule has 2 rings (SSSR count). The minimum absolute atomic E-state index is 0.102. The zero-order valence-electron chi connectivity index (χ0n) is 13.1. The second-order valence-electron chi connectivity index (χ2n) is 5.82. The molecule has 1 amide bonds. The fourth-order valence-electron chi connectivity index (χ4n) is 2.34. The fourth-order valence-corrected chi connectivity index (χ4v) is 2.34. The van der Waals surface area contributed by atoms with Crippen molar-refractivity contribution in [1.29, 1.82) is 0 Å². The molecular weight excluding hydrogens is 266 g/mol. The van der Waals surface area contributed by atoms with Crippen molar-refractivity contribution in [3.05, 3.63) is 36.7 Å². The summed E-state index contributed by atoms with van der Waals surface area (Å²) in [7, 11) is 1.88. The number of hydrogen-bond donors (Lipinski definition) is 0. The third kappa shape index (κ3) is 3.93. The van der Waals surface area contributed by atoms with Gasteiger partial charge in [-0.2, -0.15) is 5.10 Å². The lowest BCUT2D eigenvalue weighted by Gasteiger charge is -2.27. The Morgan fingerprint density at radius 1 is 1.38 bits per heavy atom. The predicted octanol–water partition coefficient (Wildman–Crippen LogP) is 1.86. The molecule has 0 aliphatic carbocycles. The lowest BCUT2D eigenvalue weighted by molar-refractivity contribution is -0.135. The van der Waals surface area contributed by atoms with Gasteiger partial charge in [0.2, 0.25) is 5.91 Å².